The molecule has 0 spiro atoms. The Bertz CT molecular complexity index is 605. The second kappa shape index (κ2) is 8.69. The normalized spacial score (nSPS) is 20.8. The molecular weight excluding hydrogens is 325 g/mol. The predicted molar refractivity (Wildman–Crippen MR) is 95.2 cm³/mol. The lowest BCUT2D eigenvalue weighted by atomic mass is 9.94. The Morgan fingerprint density at radius 3 is 2.83 bits per heavy atom. The van der Waals surface area contributed by atoms with Crippen LogP contribution < -0.4 is 10.9 Å². The van der Waals surface area contributed by atoms with E-state index in [-0.39, 0.29) is 11.9 Å². The van der Waals surface area contributed by atoms with E-state index in [0.29, 0.717) is 5.92 Å². The summed E-state index contributed by atoms with van der Waals surface area (Å²) in [5.74, 6) is 0.228. The van der Waals surface area contributed by atoms with Gasteiger partial charge in [0.2, 0.25) is 0 Å². The van der Waals surface area contributed by atoms with Crippen LogP contribution >= 0.6 is 11.3 Å². The Hall–Kier alpha value is -1.31. The summed E-state index contributed by atoms with van der Waals surface area (Å²) in [6.07, 6.45) is 0. The summed E-state index contributed by atoms with van der Waals surface area (Å²) in [5.41, 5.74) is 9.05. The smallest absolute Gasteiger partial charge is 0.123 e. The highest BCUT2D eigenvalue weighted by atomic mass is 32.1. The third-order valence-electron chi connectivity index (χ3n) is 4.41. The molecule has 1 aliphatic rings. The minimum atomic E-state index is -0.194. The van der Waals surface area contributed by atoms with Crippen LogP contribution in [-0.4, -0.2) is 38.3 Å². The molecule has 0 bridgehead atoms. The molecule has 0 amide bonds. The van der Waals surface area contributed by atoms with E-state index in [2.05, 4.69) is 32.6 Å². The Morgan fingerprint density at radius 1 is 1.29 bits per heavy atom. The molecule has 1 aromatic carbocycles. The highest BCUT2D eigenvalue weighted by Crippen LogP contribution is 2.26. The number of benzene rings is 1. The number of rotatable bonds is 8. The SMILES string of the molecule is COCCN(Cc1ccsc1)CC1CNNC1c1ccc(F)cc1. The topological polar surface area (TPSA) is 36.5 Å². The van der Waals surface area contributed by atoms with Gasteiger partial charge in [-0.1, -0.05) is 12.1 Å². The number of nitrogens with zero attached hydrogens (tertiary/aromatic N) is 1. The van der Waals surface area contributed by atoms with Gasteiger partial charge < -0.3 is 4.74 Å². The summed E-state index contributed by atoms with van der Waals surface area (Å²) in [5, 5.41) is 4.31. The maximum absolute atomic E-state index is 13.2. The summed E-state index contributed by atoms with van der Waals surface area (Å²) in [6.45, 7) is 4.41. The number of hydrogen-bond acceptors (Lipinski definition) is 5. The van der Waals surface area contributed by atoms with Crippen LogP contribution in [0, 0.1) is 11.7 Å². The third-order valence-corrected chi connectivity index (χ3v) is 5.15. The largest absolute Gasteiger partial charge is 0.383 e. The van der Waals surface area contributed by atoms with Crippen LogP contribution in [0.15, 0.2) is 41.1 Å². The molecule has 2 N–H and O–H groups in total. The highest BCUT2D eigenvalue weighted by molar-refractivity contribution is 7.07. The van der Waals surface area contributed by atoms with Gasteiger partial charge >= 0.3 is 0 Å². The average molecular weight is 349 g/mol. The first-order valence-corrected chi connectivity index (χ1v) is 9.17. The zero-order valence-corrected chi connectivity index (χ0v) is 14.7. The van der Waals surface area contributed by atoms with Gasteiger partial charge in [0.05, 0.1) is 12.6 Å². The highest BCUT2D eigenvalue weighted by Gasteiger charge is 2.29. The zero-order valence-electron chi connectivity index (χ0n) is 13.9. The molecule has 2 aromatic rings. The van der Waals surface area contributed by atoms with Gasteiger partial charge in [-0.05, 0) is 40.1 Å². The van der Waals surface area contributed by atoms with Crippen molar-refractivity contribution in [1.29, 1.82) is 0 Å². The molecule has 24 heavy (non-hydrogen) atoms. The number of nitrogens with one attached hydrogen (secondary N) is 2. The Labute approximate surface area is 146 Å². The Balaban J connectivity index is 1.66. The van der Waals surface area contributed by atoms with Crippen LogP contribution in [0.3, 0.4) is 0 Å². The first-order chi connectivity index (χ1) is 11.8. The van der Waals surface area contributed by atoms with E-state index in [1.165, 1.54) is 17.7 Å². The van der Waals surface area contributed by atoms with Crippen LogP contribution in [0.5, 0.6) is 0 Å². The molecule has 4 nitrogen and oxygen atoms in total. The van der Waals surface area contributed by atoms with Crippen molar-refractivity contribution in [2.24, 2.45) is 5.92 Å². The Morgan fingerprint density at radius 2 is 2.12 bits per heavy atom. The van der Waals surface area contributed by atoms with Crippen LogP contribution in [0.2, 0.25) is 0 Å². The summed E-state index contributed by atoms with van der Waals surface area (Å²) in [7, 11) is 1.74. The van der Waals surface area contributed by atoms with Gasteiger partial charge in [-0.15, -0.1) is 0 Å². The monoisotopic (exact) mass is 349 g/mol. The third kappa shape index (κ3) is 4.62. The van der Waals surface area contributed by atoms with Crippen molar-refractivity contribution in [1.82, 2.24) is 15.8 Å². The first-order valence-electron chi connectivity index (χ1n) is 8.22. The molecular formula is C18H24FN3OS. The predicted octanol–water partition coefficient (Wildman–Crippen LogP) is 2.80. The fourth-order valence-electron chi connectivity index (χ4n) is 3.16. The number of hydrazine groups is 1. The van der Waals surface area contributed by atoms with Gasteiger partial charge in [0.1, 0.15) is 5.82 Å². The molecule has 130 valence electrons. The molecule has 1 saturated heterocycles. The van der Waals surface area contributed by atoms with Crippen molar-refractivity contribution in [3.8, 4) is 0 Å². The van der Waals surface area contributed by atoms with Crippen molar-refractivity contribution in [3.05, 3.63) is 58.0 Å². The second-order valence-electron chi connectivity index (χ2n) is 6.17. The van der Waals surface area contributed by atoms with Gasteiger partial charge in [-0.25, -0.2) is 9.82 Å². The summed E-state index contributed by atoms with van der Waals surface area (Å²) < 4.78 is 18.4. The van der Waals surface area contributed by atoms with Gasteiger partial charge in [0, 0.05) is 39.2 Å². The summed E-state index contributed by atoms with van der Waals surface area (Å²) in [6, 6.07) is 9.16. The fraction of sp³-hybridized carbons (Fsp3) is 0.444. The quantitative estimate of drug-likeness (QED) is 0.768. The van der Waals surface area contributed by atoms with Crippen LogP contribution in [-0.2, 0) is 11.3 Å². The first kappa shape index (κ1) is 17.5. The molecule has 0 aliphatic carbocycles. The maximum atomic E-state index is 13.2. The van der Waals surface area contributed by atoms with E-state index in [9.17, 15) is 4.39 Å². The van der Waals surface area contributed by atoms with E-state index in [1.54, 1.807) is 18.4 Å². The molecule has 1 fully saturated rings. The zero-order chi connectivity index (χ0) is 16.8. The molecule has 1 aliphatic heterocycles. The number of halogens is 1. The number of hydrogen-bond donors (Lipinski definition) is 2. The molecule has 2 unspecified atom stereocenters. The van der Waals surface area contributed by atoms with Crippen LogP contribution in [0.1, 0.15) is 17.2 Å². The maximum Gasteiger partial charge on any atom is 0.123 e. The van der Waals surface area contributed by atoms with Crippen molar-refractivity contribution in [2.75, 3.05) is 33.4 Å². The molecule has 0 radical (unpaired) electrons. The van der Waals surface area contributed by atoms with Gasteiger partial charge in [-0.3, -0.25) is 10.3 Å². The van der Waals surface area contributed by atoms with E-state index >= 15 is 0 Å². The second-order valence-corrected chi connectivity index (χ2v) is 6.95. The molecule has 6 heteroatoms. The summed E-state index contributed by atoms with van der Waals surface area (Å²) in [4.78, 5) is 2.43. The van der Waals surface area contributed by atoms with Crippen molar-refractivity contribution < 1.29 is 9.13 Å². The lowest BCUT2D eigenvalue weighted by Gasteiger charge is -2.27. The Kier molecular flexibility index (Phi) is 6.34. The standard InChI is InChI=1S/C18H24FN3OS/c1-23-8-7-22(11-14-6-9-24-13-14)12-16-10-20-21-18(16)15-2-4-17(19)5-3-15/h2-6,9,13,16,18,20-21H,7-8,10-12H2,1H3. The lowest BCUT2D eigenvalue weighted by Crippen LogP contribution is -2.34. The molecule has 2 heterocycles. The molecule has 3 rings (SSSR count). The van der Waals surface area contributed by atoms with Gasteiger partial charge in [-0.2, -0.15) is 11.3 Å². The van der Waals surface area contributed by atoms with Crippen LogP contribution in [0.4, 0.5) is 4.39 Å². The van der Waals surface area contributed by atoms with Crippen molar-refractivity contribution in [2.45, 2.75) is 12.6 Å². The van der Waals surface area contributed by atoms with Crippen LogP contribution in [0.25, 0.3) is 0 Å². The fourth-order valence-corrected chi connectivity index (χ4v) is 3.82. The van der Waals surface area contributed by atoms with Gasteiger partial charge in [0.25, 0.3) is 0 Å². The number of ether oxygens (including phenoxy) is 1. The van der Waals surface area contributed by atoms with E-state index in [1.807, 2.05) is 12.1 Å². The minimum absolute atomic E-state index is 0.193. The molecule has 1 aromatic heterocycles. The van der Waals surface area contributed by atoms with Crippen molar-refractivity contribution in [3.63, 3.8) is 0 Å². The summed E-state index contributed by atoms with van der Waals surface area (Å²) >= 11 is 1.73. The lowest BCUT2D eigenvalue weighted by molar-refractivity contribution is 0.131. The van der Waals surface area contributed by atoms with E-state index in [4.69, 9.17) is 4.74 Å². The van der Waals surface area contributed by atoms with Crippen molar-refractivity contribution >= 4 is 11.3 Å². The van der Waals surface area contributed by atoms with Gasteiger partial charge in [0.15, 0.2) is 0 Å². The average Bonchev–Trinajstić information content (AvgIpc) is 3.25. The number of methoxy groups -OCH3 is 1. The number of thiophene rings is 1. The molecule has 2 atom stereocenters. The van der Waals surface area contributed by atoms with E-state index < -0.39 is 0 Å². The molecule has 0 saturated carbocycles. The van der Waals surface area contributed by atoms with E-state index in [0.717, 1.165) is 38.3 Å². The minimum Gasteiger partial charge on any atom is -0.383 e.